The summed E-state index contributed by atoms with van der Waals surface area (Å²) in [6, 6.07) is 11.1. The Hall–Kier alpha value is -0.860. The Bertz CT molecular complexity index is 380. The molecule has 1 aromatic rings. The maximum absolute atomic E-state index is 6.61. The fourth-order valence-electron chi connectivity index (χ4n) is 3.75. The molecular formula is C18H30N2. The van der Waals surface area contributed by atoms with Crippen LogP contribution in [0.15, 0.2) is 30.3 Å². The third-order valence-electron chi connectivity index (χ3n) is 5.12. The van der Waals surface area contributed by atoms with Gasteiger partial charge >= 0.3 is 0 Å². The molecule has 2 nitrogen and oxygen atoms in total. The predicted molar refractivity (Wildman–Crippen MR) is 86.9 cm³/mol. The normalized spacial score (nSPS) is 20.0. The summed E-state index contributed by atoms with van der Waals surface area (Å²) >= 11 is 0. The maximum Gasteiger partial charge on any atom is 0.0354 e. The van der Waals surface area contributed by atoms with Crippen molar-refractivity contribution in [3.05, 3.63) is 35.9 Å². The zero-order valence-corrected chi connectivity index (χ0v) is 13.1. The van der Waals surface area contributed by atoms with E-state index >= 15 is 0 Å². The van der Waals surface area contributed by atoms with Gasteiger partial charge in [0.05, 0.1) is 0 Å². The Morgan fingerprint density at radius 2 is 1.75 bits per heavy atom. The lowest BCUT2D eigenvalue weighted by Crippen LogP contribution is -2.58. The number of hydrogen-bond acceptors (Lipinski definition) is 2. The molecule has 2 heteroatoms. The van der Waals surface area contributed by atoms with Gasteiger partial charge in [-0.3, -0.25) is 0 Å². The van der Waals surface area contributed by atoms with Gasteiger partial charge in [-0.05, 0) is 51.8 Å². The first kappa shape index (κ1) is 15.5. The number of likely N-dealkylation sites (N-methyl/N-ethyl adjacent to an activating group) is 1. The van der Waals surface area contributed by atoms with Crippen molar-refractivity contribution in [3.8, 4) is 0 Å². The number of rotatable bonds is 6. The van der Waals surface area contributed by atoms with Crippen LogP contribution in [0.2, 0.25) is 0 Å². The monoisotopic (exact) mass is 274 g/mol. The molecule has 2 N–H and O–H groups in total. The molecule has 1 aliphatic carbocycles. The van der Waals surface area contributed by atoms with E-state index in [1.165, 1.54) is 44.1 Å². The van der Waals surface area contributed by atoms with Crippen LogP contribution in [0.3, 0.4) is 0 Å². The maximum atomic E-state index is 6.61. The summed E-state index contributed by atoms with van der Waals surface area (Å²) in [6.07, 6.45) is 10.1. The number of benzene rings is 1. The molecule has 112 valence electrons. The summed E-state index contributed by atoms with van der Waals surface area (Å²) in [5, 5.41) is 0. The molecule has 1 atom stereocenters. The molecule has 0 aliphatic heterocycles. The Kier molecular flexibility index (Phi) is 5.62. The molecule has 1 aliphatic rings. The van der Waals surface area contributed by atoms with Crippen LogP contribution in [-0.4, -0.2) is 30.6 Å². The molecule has 0 heterocycles. The second kappa shape index (κ2) is 7.24. The van der Waals surface area contributed by atoms with Crippen LogP contribution in [0.25, 0.3) is 0 Å². The van der Waals surface area contributed by atoms with E-state index in [2.05, 4.69) is 49.3 Å². The second-order valence-electron chi connectivity index (χ2n) is 6.54. The van der Waals surface area contributed by atoms with Crippen LogP contribution < -0.4 is 5.73 Å². The van der Waals surface area contributed by atoms with E-state index in [4.69, 9.17) is 5.73 Å². The SMILES string of the molecule is CN(C)C1(C(N)CCCc2ccccc2)CCCCC1. The standard InChI is InChI=1S/C18H30N2/c1-20(2)18(14-7-4-8-15-18)17(19)13-9-12-16-10-5-3-6-11-16/h3,5-6,10-11,17H,4,7-9,12-15,19H2,1-2H3. The molecule has 1 unspecified atom stereocenters. The zero-order chi connectivity index (χ0) is 14.4. The largest absolute Gasteiger partial charge is 0.326 e. The van der Waals surface area contributed by atoms with E-state index in [9.17, 15) is 0 Å². The Morgan fingerprint density at radius 1 is 1.10 bits per heavy atom. The molecule has 0 aromatic heterocycles. The summed E-state index contributed by atoms with van der Waals surface area (Å²) < 4.78 is 0. The number of hydrogen-bond donors (Lipinski definition) is 1. The highest BCUT2D eigenvalue weighted by molar-refractivity contribution is 5.14. The summed E-state index contributed by atoms with van der Waals surface area (Å²) in [5.74, 6) is 0. The first-order valence-corrected chi connectivity index (χ1v) is 8.12. The molecule has 1 aromatic carbocycles. The third kappa shape index (κ3) is 3.62. The fraction of sp³-hybridized carbons (Fsp3) is 0.667. The van der Waals surface area contributed by atoms with E-state index in [0.29, 0.717) is 6.04 Å². The molecule has 1 fully saturated rings. The van der Waals surface area contributed by atoms with Gasteiger partial charge in [0.15, 0.2) is 0 Å². The first-order valence-electron chi connectivity index (χ1n) is 8.12. The van der Waals surface area contributed by atoms with Crippen molar-refractivity contribution >= 4 is 0 Å². The second-order valence-corrected chi connectivity index (χ2v) is 6.54. The summed E-state index contributed by atoms with van der Waals surface area (Å²) in [4.78, 5) is 2.40. The average molecular weight is 274 g/mol. The van der Waals surface area contributed by atoms with Crippen molar-refractivity contribution in [2.45, 2.75) is 62.9 Å². The van der Waals surface area contributed by atoms with Crippen LogP contribution in [0.5, 0.6) is 0 Å². The van der Waals surface area contributed by atoms with Gasteiger partial charge in [-0.15, -0.1) is 0 Å². The minimum absolute atomic E-state index is 0.245. The van der Waals surface area contributed by atoms with Crippen molar-refractivity contribution < 1.29 is 0 Å². The van der Waals surface area contributed by atoms with E-state index in [1.807, 2.05) is 0 Å². The van der Waals surface area contributed by atoms with Crippen LogP contribution in [0.4, 0.5) is 0 Å². The molecule has 2 rings (SSSR count). The number of nitrogens with zero attached hydrogens (tertiary/aromatic N) is 1. The topological polar surface area (TPSA) is 29.3 Å². The third-order valence-corrected chi connectivity index (χ3v) is 5.12. The smallest absolute Gasteiger partial charge is 0.0354 e. The van der Waals surface area contributed by atoms with Crippen LogP contribution >= 0.6 is 0 Å². The van der Waals surface area contributed by atoms with Crippen LogP contribution in [-0.2, 0) is 6.42 Å². The van der Waals surface area contributed by atoms with Gasteiger partial charge in [-0.25, -0.2) is 0 Å². The molecule has 0 saturated heterocycles. The average Bonchev–Trinajstić information content (AvgIpc) is 2.48. The van der Waals surface area contributed by atoms with Gasteiger partial charge in [0.1, 0.15) is 0 Å². The first-order chi connectivity index (χ1) is 9.65. The summed E-state index contributed by atoms with van der Waals surface area (Å²) in [5.41, 5.74) is 8.28. The molecule has 0 bridgehead atoms. The van der Waals surface area contributed by atoms with Crippen molar-refractivity contribution in [1.29, 1.82) is 0 Å². The minimum Gasteiger partial charge on any atom is -0.326 e. The van der Waals surface area contributed by atoms with Gasteiger partial charge in [-0.1, -0.05) is 49.6 Å². The van der Waals surface area contributed by atoms with Gasteiger partial charge in [0.25, 0.3) is 0 Å². The highest BCUT2D eigenvalue weighted by atomic mass is 15.2. The minimum atomic E-state index is 0.245. The molecular weight excluding hydrogens is 244 g/mol. The van der Waals surface area contributed by atoms with Crippen molar-refractivity contribution in [3.63, 3.8) is 0 Å². The van der Waals surface area contributed by atoms with Crippen molar-refractivity contribution in [2.24, 2.45) is 5.73 Å². The molecule has 0 spiro atoms. The van der Waals surface area contributed by atoms with Gasteiger partial charge in [0, 0.05) is 11.6 Å². The van der Waals surface area contributed by atoms with E-state index < -0.39 is 0 Å². The highest BCUT2D eigenvalue weighted by Crippen LogP contribution is 2.35. The van der Waals surface area contributed by atoms with E-state index in [1.54, 1.807) is 0 Å². The predicted octanol–water partition coefficient (Wildman–Crippen LogP) is 3.60. The fourth-order valence-corrected chi connectivity index (χ4v) is 3.75. The lowest BCUT2D eigenvalue weighted by molar-refractivity contribution is 0.0678. The Labute approximate surface area is 124 Å². The highest BCUT2D eigenvalue weighted by Gasteiger charge is 2.39. The molecule has 1 saturated carbocycles. The summed E-state index contributed by atoms with van der Waals surface area (Å²) in [6.45, 7) is 0. The lowest BCUT2D eigenvalue weighted by atomic mass is 9.74. The zero-order valence-electron chi connectivity index (χ0n) is 13.1. The summed E-state index contributed by atoms with van der Waals surface area (Å²) in [7, 11) is 4.42. The molecule has 20 heavy (non-hydrogen) atoms. The lowest BCUT2D eigenvalue weighted by Gasteiger charge is -2.47. The quantitative estimate of drug-likeness (QED) is 0.859. The van der Waals surface area contributed by atoms with Crippen LogP contribution in [0, 0.1) is 0 Å². The Balaban J connectivity index is 1.87. The molecule has 0 radical (unpaired) electrons. The number of nitrogens with two attached hydrogens (primary N) is 1. The molecule has 0 amide bonds. The van der Waals surface area contributed by atoms with Gasteiger partial charge in [0.2, 0.25) is 0 Å². The van der Waals surface area contributed by atoms with E-state index in [0.717, 1.165) is 12.8 Å². The number of aryl methyl sites for hydroxylation is 1. The van der Waals surface area contributed by atoms with Crippen molar-refractivity contribution in [2.75, 3.05) is 14.1 Å². The van der Waals surface area contributed by atoms with Crippen molar-refractivity contribution in [1.82, 2.24) is 4.90 Å². The Morgan fingerprint density at radius 3 is 2.35 bits per heavy atom. The van der Waals surface area contributed by atoms with Gasteiger partial charge < -0.3 is 10.6 Å². The van der Waals surface area contributed by atoms with E-state index in [-0.39, 0.29) is 5.54 Å². The van der Waals surface area contributed by atoms with Gasteiger partial charge in [-0.2, -0.15) is 0 Å². The van der Waals surface area contributed by atoms with Crippen LogP contribution in [0.1, 0.15) is 50.5 Å².